The Hall–Kier alpha value is -1.09. The Morgan fingerprint density at radius 1 is 1.50 bits per heavy atom. The Kier molecular flexibility index (Phi) is 1.54. The molecule has 4 heteroatoms. The van der Waals surface area contributed by atoms with Crippen molar-refractivity contribution in [2.24, 2.45) is 0 Å². The number of anilines is 1. The van der Waals surface area contributed by atoms with E-state index in [1.54, 1.807) is 0 Å². The highest BCUT2D eigenvalue weighted by Gasteiger charge is 2.20. The molecule has 1 aliphatic rings. The second-order valence-corrected chi connectivity index (χ2v) is 3.05. The van der Waals surface area contributed by atoms with Crippen molar-refractivity contribution < 1.29 is 9.18 Å². The minimum absolute atomic E-state index is 0.141. The van der Waals surface area contributed by atoms with Crippen LogP contribution in [0.5, 0.6) is 0 Å². The number of amides is 1. The van der Waals surface area contributed by atoms with Crippen LogP contribution in [0.2, 0.25) is 5.02 Å². The molecule has 12 heavy (non-hydrogen) atoms. The SMILES string of the molecule is O=C1Cc2c(Cl)cc(F)cc2N1. The van der Waals surface area contributed by atoms with Crippen LogP contribution in [0.4, 0.5) is 10.1 Å². The largest absolute Gasteiger partial charge is 0.325 e. The molecule has 2 rings (SSSR count). The van der Waals surface area contributed by atoms with Gasteiger partial charge in [-0.3, -0.25) is 4.79 Å². The maximum absolute atomic E-state index is 12.7. The fourth-order valence-electron chi connectivity index (χ4n) is 1.25. The Balaban J connectivity index is 2.59. The summed E-state index contributed by atoms with van der Waals surface area (Å²) in [6, 6.07) is 2.48. The highest BCUT2D eigenvalue weighted by molar-refractivity contribution is 6.32. The molecule has 1 N–H and O–H groups in total. The standard InChI is InChI=1S/C8H5ClFNO/c9-6-1-4(10)2-7-5(6)3-8(12)11-7/h1-2H,3H2,(H,11,12). The van der Waals surface area contributed by atoms with Crippen molar-refractivity contribution in [1.29, 1.82) is 0 Å². The predicted octanol–water partition coefficient (Wildman–Crippen LogP) is 1.97. The third-order valence-electron chi connectivity index (χ3n) is 1.77. The number of carbonyl (C=O) groups excluding carboxylic acids is 1. The summed E-state index contributed by atoms with van der Waals surface area (Å²) in [4.78, 5) is 10.9. The van der Waals surface area contributed by atoms with Gasteiger partial charge in [-0.2, -0.15) is 0 Å². The van der Waals surface area contributed by atoms with E-state index in [1.807, 2.05) is 0 Å². The highest BCUT2D eigenvalue weighted by Crippen LogP contribution is 2.30. The van der Waals surface area contributed by atoms with Gasteiger partial charge in [0, 0.05) is 16.3 Å². The third-order valence-corrected chi connectivity index (χ3v) is 2.11. The van der Waals surface area contributed by atoms with E-state index in [1.165, 1.54) is 12.1 Å². The van der Waals surface area contributed by atoms with Crippen LogP contribution in [-0.2, 0) is 11.2 Å². The van der Waals surface area contributed by atoms with Crippen LogP contribution >= 0.6 is 11.6 Å². The van der Waals surface area contributed by atoms with Crippen molar-refractivity contribution in [2.45, 2.75) is 6.42 Å². The number of fused-ring (bicyclic) bond motifs is 1. The molecule has 0 radical (unpaired) electrons. The number of carbonyl (C=O) groups is 1. The molecule has 1 aromatic rings. The lowest BCUT2D eigenvalue weighted by molar-refractivity contribution is -0.115. The molecule has 0 saturated carbocycles. The lowest BCUT2D eigenvalue weighted by Crippen LogP contribution is -2.03. The molecule has 0 aromatic heterocycles. The van der Waals surface area contributed by atoms with Crippen LogP contribution in [-0.4, -0.2) is 5.91 Å². The summed E-state index contributed by atoms with van der Waals surface area (Å²) in [5, 5.41) is 2.82. The molecule has 1 amide bonds. The molecule has 1 aliphatic heterocycles. The lowest BCUT2D eigenvalue weighted by Gasteiger charge is -1.99. The van der Waals surface area contributed by atoms with Gasteiger partial charge in [0.25, 0.3) is 0 Å². The quantitative estimate of drug-likeness (QED) is 0.658. The van der Waals surface area contributed by atoms with E-state index in [0.29, 0.717) is 16.3 Å². The van der Waals surface area contributed by atoms with E-state index in [-0.39, 0.29) is 12.3 Å². The summed E-state index contributed by atoms with van der Waals surface area (Å²) in [5.74, 6) is -0.571. The van der Waals surface area contributed by atoms with Gasteiger partial charge in [-0.15, -0.1) is 0 Å². The summed E-state index contributed by atoms with van der Waals surface area (Å²) in [5.41, 5.74) is 1.17. The molecule has 0 saturated heterocycles. The first kappa shape index (κ1) is 7.55. The van der Waals surface area contributed by atoms with Gasteiger partial charge >= 0.3 is 0 Å². The van der Waals surface area contributed by atoms with Crippen molar-refractivity contribution in [3.63, 3.8) is 0 Å². The molecule has 0 bridgehead atoms. The van der Waals surface area contributed by atoms with E-state index in [4.69, 9.17) is 11.6 Å². The monoisotopic (exact) mass is 185 g/mol. The van der Waals surface area contributed by atoms with E-state index in [9.17, 15) is 9.18 Å². The van der Waals surface area contributed by atoms with Gasteiger partial charge in [-0.25, -0.2) is 4.39 Å². The van der Waals surface area contributed by atoms with Gasteiger partial charge in [-0.1, -0.05) is 11.6 Å². The lowest BCUT2D eigenvalue weighted by atomic mass is 10.1. The van der Waals surface area contributed by atoms with Crippen LogP contribution in [0.15, 0.2) is 12.1 Å². The average Bonchev–Trinajstić information content (AvgIpc) is 2.29. The van der Waals surface area contributed by atoms with Gasteiger partial charge in [0.05, 0.1) is 6.42 Å². The normalized spacial score (nSPS) is 14.3. The Morgan fingerprint density at radius 2 is 2.25 bits per heavy atom. The summed E-state index contributed by atoms with van der Waals surface area (Å²) < 4.78 is 12.7. The summed E-state index contributed by atoms with van der Waals surface area (Å²) >= 11 is 5.71. The Labute approximate surface area is 73.3 Å². The highest BCUT2D eigenvalue weighted by atomic mass is 35.5. The second-order valence-electron chi connectivity index (χ2n) is 2.64. The van der Waals surface area contributed by atoms with E-state index in [0.717, 1.165) is 0 Å². The topological polar surface area (TPSA) is 29.1 Å². The number of halogens is 2. The van der Waals surface area contributed by atoms with Crippen LogP contribution in [0.1, 0.15) is 5.56 Å². The first-order chi connectivity index (χ1) is 5.66. The van der Waals surface area contributed by atoms with Crippen molar-refractivity contribution in [2.75, 3.05) is 5.32 Å². The first-order valence-corrected chi connectivity index (χ1v) is 3.82. The van der Waals surface area contributed by atoms with Gasteiger partial charge in [0.1, 0.15) is 5.82 Å². The maximum atomic E-state index is 12.7. The van der Waals surface area contributed by atoms with Crippen molar-refractivity contribution >= 4 is 23.2 Å². The molecular formula is C8H5ClFNO. The predicted molar refractivity (Wildman–Crippen MR) is 43.7 cm³/mol. The zero-order valence-electron chi connectivity index (χ0n) is 6.03. The Morgan fingerprint density at radius 3 is 3.00 bits per heavy atom. The van der Waals surface area contributed by atoms with Gasteiger partial charge in [0.15, 0.2) is 0 Å². The number of benzene rings is 1. The van der Waals surface area contributed by atoms with Crippen LogP contribution in [0.3, 0.4) is 0 Å². The number of hydrogen-bond acceptors (Lipinski definition) is 1. The zero-order chi connectivity index (χ0) is 8.72. The van der Waals surface area contributed by atoms with E-state index < -0.39 is 5.82 Å². The van der Waals surface area contributed by atoms with Gasteiger partial charge in [-0.05, 0) is 12.1 Å². The molecule has 0 fully saturated rings. The summed E-state index contributed by atoms with van der Waals surface area (Å²) in [6.45, 7) is 0. The summed E-state index contributed by atoms with van der Waals surface area (Å²) in [7, 11) is 0. The smallest absolute Gasteiger partial charge is 0.228 e. The van der Waals surface area contributed by atoms with Crippen LogP contribution < -0.4 is 5.32 Å². The minimum Gasteiger partial charge on any atom is -0.325 e. The maximum Gasteiger partial charge on any atom is 0.228 e. The Bertz CT molecular complexity index is 364. The van der Waals surface area contributed by atoms with Gasteiger partial charge in [0.2, 0.25) is 5.91 Å². The second kappa shape index (κ2) is 2.45. The van der Waals surface area contributed by atoms with Crippen molar-refractivity contribution in [3.8, 4) is 0 Å². The molecule has 0 unspecified atom stereocenters. The molecule has 1 aromatic carbocycles. The van der Waals surface area contributed by atoms with Crippen LogP contribution in [0, 0.1) is 5.82 Å². The zero-order valence-corrected chi connectivity index (χ0v) is 6.78. The first-order valence-electron chi connectivity index (χ1n) is 3.44. The number of hydrogen-bond donors (Lipinski definition) is 1. The molecular weight excluding hydrogens is 181 g/mol. The van der Waals surface area contributed by atoms with Crippen molar-refractivity contribution in [3.05, 3.63) is 28.5 Å². The number of nitrogens with one attached hydrogen (secondary N) is 1. The van der Waals surface area contributed by atoms with E-state index >= 15 is 0 Å². The molecule has 2 nitrogen and oxygen atoms in total. The molecule has 0 atom stereocenters. The molecule has 1 heterocycles. The van der Waals surface area contributed by atoms with Crippen molar-refractivity contribution in [1.82, 2.24) is 0 Å². The minimum atomic E-state index is -0.430. The molecule has 0 aliphatic carbocycles. The van der Waals surface area contributed by atoms with E-state index in [2.05, 4.69) is 5.32 Å². The fraction of sp³-hybridized carbons (Fsp3) is 0.125. The molecule has 62 valence electrons. The van der Waals surface area contributed by atoms with Crippen LogP contribution in [0.25, 0.3) is 0 Å². The fourth-order valence-corrected chi connectivity index (χ4v) is 1.52. The average molecular weight is 186 g/mol. The summed E-state index contributed by atoms with van der Waals surface area (Å²) in [6.07, 6.45) is 0.244. The van der Waals surface area contributed by atoms with Gasteiger partial charge < -0.3 is 5.32 Å². The third kappa shape index (κ3) is 1.06. The number of rotatable bonds is 0. The molecule has 0 spiro atoms.